The first-order valence-electron chi connectivity index (χ1n) is 8.42. The molecule has 128 valence electrons. The highest BCUT2D eigenvalue weighted by Gasteiger charge is 2.23. The summed E-state index contributed by atoms with van der Waals surface area (Å²) in [5, 5.41) is 8.05. The van der Waals surface area contributed by atoms with E-state index in [-0.39, 0.29) is 5.97 Å². The quantitative estimate of drug-likeness (QED) is 0.641. The number of fused-ring (bicyclic) bond motifs is 1. The van der Waals surface area contributed by atoms with Gasteiger partial charge in [-0.25, -0.2) is 4.79 Å². The van der Waals surface area contributed by atoms with Gasteiger partial charge in [0.2, 0.25) is 5.89 Å². The predicted molar refractivity (Wildman–Crippen MR) is 94.5 cm³/mol. The van der Waals surface area contributed by atoms with E-state index in [0.717, 1.165) is 18.4 Å². The molecule has 1 aromatic carbocycles. The summed E-state index contributed by atoms with van der Waals surface area (Å²) >= 11 is 1.54. The number of benzene rings is 1. The number of hydrogen-bond donors (Lipinski definition) is 0. The lowest BCUT2D eigenvalue weighted by molar-refractivity contribution is 0.0285. The third kappa shape index (κ3) is 3.35. The number of aromatic nitrogens is 2. The van der Waals surface area contributed by atoms with Crippen LogP contribution in [0, 0.1) is 0 Å². The molecule has 5 nitrogen and oxygen atoms in total. The van der Waals surface area contributed by atoms with Gasteiger partial charge < -0.3 is 9.15 Å². The molecule has 2 heterocycles. The molecule has 0 radical (unpaired) electrons. The van der Waals surface area contributed by atoms with Crippen LogP contribution in [0.25, 0.3) is 11.5 Å². The van der Waals surface area contributed by atoms with E-state index >= 15 is 0 Å². The first-order chi connectivity index (χ1) is 12.2. The zero-order valence-corrected chi connectivity index (χ0v) is 14.7. The maximum Gasteiger partial charge on any atom is 0.349 e. The van der Waals surface area contributed by atoms with E-state index in [2.05, 4.69) is 10.2 Å². The highest BCUT2D eigenvalue weighted by Crippen LogP contribution is 2.31. The van der Waals surface area contributed by atoms with Crippen molar-refractivity contribution in [3.63, 3.8) is 0 Å². The van der Waals surface area contributed by atoms with E-state index in [4.69, 9.17) is 9.15 Å². The smallest absolute Gasteiger partial charge is 0.349 e. The molecule has 0 fully saturated rings. The fourth-order valence-corrected chi connectivity index (χ4v) is 4.09. The SMILES string of the molecule is C[C@@H](OC(=O)c1cc2c(s1)CCCC2)c1nnc(-c2ccccc2)o1. The van der Waals surface area contributed by atoms with E-state index in [1.54, 1.807) is 18.3 Å². The van der Waals surface area contributed by atoms with Crippen molar-refractivity contribution in [1.29, 1.82) is 0 Å². The van der Waals surface area contributed by atoms with Crippen LogP contribution in [0.3, 0.4) is 0 Å². The highest BCUT2D eigenvalue weighted by atomic mass is 32.1. The van der Waals surface area contributed by atoms with E-state index in [0.29, 0.717) is 16.7 Å². The number of nitrogens with zero attached hydrogens (tertiary/aromatic N) is 2. The van der Waals surface area contributed by atoms with Crippen LogP contribution in [0.4, 0.5) is 0 Å². The van der Waals surface area contributed by atoms with Crippen molar-refractivity contribution in [2.75, 3.05) is 0 Å². The van der Waals surface area contributed by atoms with E-state index in [9.17, 15) is 4.79 Å². The van der Waals surface area contributed by atoms with Gasteiger partial charge in [0.25, 0.3) is 5.89 Å². The number of carbonyl (C=O) groups is 1. The fraction of sp³-hybridized carbons (Fsp3) is 0.316. The average Bonchev–Trinajstić information content (AvgIpc) is 3.29. The number of hydrogen-bond acceptors (Lipinski definition) is 6. The summed E-state index contributed by atoms with van der Waals surface area (Å²) in [5.74, 6) is 0.393. The number of carbonyl (C=O) groups excluding carboxylic acids is 1. The van der Waals surface area contributed by atoms with Gasteiger partial charge in [-0.15, -0.1) is 21.5 Å². The summed E-state index contributed by atoms with van der Waals surface area (Å²) in [7, 11) is 0. The molecule has 1 atom stereocenters. The number of ether oxygens (including phenoxy) is 1. The van der Waals surface area contributed by atoms with Crippen LogP contribution in [0.2, 0.25) is 0 Å². The summed E-state index contributed by atoms with van der Waals surface area (Å²) in [6, 6.07) is 11.5. The molecule has 0 N–H and O–H groups in total. The Morgan fingerprint density at radius 3 is 2.80 bits per heavy atom. The largest absolute Gasteiger partial charge is 0.448 e. The monoisotopic (exact) mass is 354 g/mol. The minimum absolute atomic E-state index is 0.300. The van der Waals surface area contributed by atoms with Crippen LogP contribution >= 0.6 is 11.3 Å². The van der Waals surface area contributed by atoms with Gasteiger partial charge >= 0.3 is 5.97 Å². The molecular formula is C19H18N2O3S. The zero-order chi connectivity index (χ0) is 17.2. The Morgan fingerprint density at radius 1 is 1.20 bits per heavy atom. The first kappa shape index (κ1) is 16.0. The Hall–Kier alpha value is -2.47. The molecule has 4 rings (SSSR count). The molecule has 0 saturated heterocycles. The van der Waals surface area contributed by atoms with Crippen molar-refractivity contribution >= 4 is 17.3 Å². The van der Waals surface area contributed by atoms with Crippen molar-refractivity contribution < 1.29 is 13.9 Å². The van der Waals surface area contributed by atoms with E-state index < -0.39 is 6.10 Å². The Bertz CT molecular complexity index is 862. The van der Waals surface area contributed by atoms with Crippen molar-refractivity contribution in [3.8, 4) is 11.5 Å². The lowest BCUT2D eigenvalue weighted by atomic mass is 9.99. The summed E-state index contributed by atoms with van der Waals surface area (Å²) in [5.41, 5.74) is 2.13. The summed E-state index contributed by atoms with van der Waals surface area (Å²) in [6.45, 7) is 1.74. The van der Waals surface area contributed by atoms with Crippen LogP contribution in [-0.4, -0.2) is 16.2 Å². The highest BCUT2D eigenvalue weighted by molar-refractivity contribution is 7.14. The average molecular weight is 354 g/mol. The molecule has 0 unspecified atom stereocenters. The van der Waals surface area contributed by atoms with Gasteiger partial charge in [-0.2, -0.15) is 0 Å². The second-order valence-electron chi connectivity index (χ2n) is 6.13. The number of esters is 1. The maximum atomic E-state index is 12.4. The molecule has 0 aliphatic heterocycles. The fourth-order valence-electron chi connectivity index (χ4n) is 2.96. The number of aryl methyl sites for hydroxylation is 2. The van der Waals surface area contributed by atoms with Gasteiger partial charge in [0.1, 0.15) is 4.88 Å². The summed E-state index contributed by atoms with van der Waals surface area (Å²) < 4.78 is 11.2. The first-order valence-corrected chi connectivity index (χ1v) is 9.24. The van der Waals surface area contributed by atoms with Crippen LogP contribution in [0.5, 0.6) is 0 Å². The minimum atomic E-state index is -0.586. The number of rotatable bonds is 4. The zero-order valence-electron chi connectivity index (χ0n) is 13.9. The lowest BCUT2D eigenvalue weighted by Gasteiger charge is -2.08. The van der Waals surface area contributed by atoms with Gasteiger partial charge in [0.15, 0.2) is 6.10 Å². The van der Waals surface area contributed by atoms with Gasteiger partial charge in [-0.3, -0.25) is 0 Å². The molecular weight excluding hydrogens is 336 g/mol. The minimum Gasteiger partial charge on any atom is -0.448 e. The standard InChI is InChI=1S/C19H18N2O3S/c1-12(17-20-21-18(24-17)13-7-3-2-4-8-13)23-19(22)16-11-14-9-5-6-10-15(14)25-16/h2-4,7-8,11-12H,5-6,9-10H2,1H3/t12-/m1/s1. The Kier molecular flexibility index (Phi) is 4.36. The Morgan fingerprint density at radius 2 is 2.00 bits per heavy atom. The van der Waals surface area contributed by atoms with Crippen LogP contribution < -0.4 is 0 Å². The molecule has 0 bridgehead atoms. The molecule has 1 aliphatic carbocycles. The topological polar surface area (TPSA) is 65.2 Å². The second kappa shape index (κ2) is 6.80. The van der Waals surface area contributed by atoms with Gasteiger partial charge in [-0.1, -0.05) is 18.2 Å². The molecule has 0 saturated carbocycles. The summed E-state index contributed by atoms with van der Waals surface area (Å²) in [4.78, 5) is 14.4. The van der Waals surface area contributed by atoms with Gasteiger partial charge in [-0.05, 0) is 56.4 Å². The van der Waals surface area contributed by atoms with Crippen LogP contribution in [-0.2, 0) is 17.6 Å². The normalized spacial score (nSPS) is 14.8. The second-order valence-corrected chi connectivity index (χ2v) is 7.26. The van der Waals surface area contributed by atoms with E-state index in [1.165, 1.54) is 23.3 Å². The molecule has 1 aliphatic rings. The van der Waals surface area contributed by atoms with Gasteiger partial charge in [0, 0.05) is 10.4 Å². The molecule has 25 heavy (non-hydrogen) atoms. The van der Waals surface area contributed by atoms with Crippen LogP contribution in [0.15, 0.2) is 40.8 Å². The molecule has 6 heteroatoms. The third-order valence-electron chi connectivity index (χ3n) is 4.29. The van der Waals surface area contributed by atoms with Crippen molar-refractivity contribution in [3.05, 3.63) is 57.6 Å². The van der Waals surface area contributed by atoms with Crippen LogP contribution in [0.1, 0.15) is 51.9 Å². The molecule has 3 aromatic rings. The lowest BCUT2D eigenvalue weighted by Crippen LogP contribution is -2.08. The molecule has 0 spiro atoms. The predicted octanol–water partition coefficient (Wildman–Crippen LogP) is 4.59. The Balaban J connectivity index is 1.46. The Labute approximate surface area is 149 Å². The summed E-state index contributed by atoms with van der Waals surface area (Å²) in [6.07, 6.45) is 3.92. The third-order valence-corrected chi connectivity index (χ3v) is 5.51. The molecule has 2 aromatic heterocycles. The molecule has 0 amide bonds. The van der Waals surface area contributed by atoms with Crippen molar-refractivity contribution in [2.45, 2.75) is 38.7 Å². The maximum absolute atomic E-state index is 12.4. The van der Waals surface area contributed by atoms with E-state index in [1.807, 2.05) is 36.4 Å². The van der Waals surface area contributed by atoms with Crippen molar-refractivity contribution in [1.82, 2.24) is 10.2 Å². The van der Waals surface area contributed by atoms with Gasteiger partial charge in [0.05, 0.1) is 0 Å². The number of thiophene rings is 1. The van der Waals surface area contributed by atoms with Crippen molar-refractivity contribution in [2.24, 2.45) is 0 Å².